The summed E-state index contributed by atoms with van der Waals surface area (Å²) in [6, 6.07) is 0. The van der Waals surface area contributed by atoms with Crippen molar-refractivity contribution < 1.29 is 9.59 Å². The van der Waals surface area contributed by atoms with E-state index in [1.165, 1.54) is 0 Å². The number of allylic oxidation sites excluding steroid dienone is 1. The Labute approximate surface area is 73.2 Å². The lowest BCUT2D eigenvalue weighted by molar-refractivity contribution is -0.116. The molecule has 51 valence electrons. The molecule has 1 aliphatic rings. The van der Waals surface area contributed by atoms with Gasteiger partial charge in [-0.1, -0.05) is 6.58 Å². The zero-order valence-corrected chi connectivity index (χ0v) is 7.42. The van der Waals surface area contributed by atoms with Gasteiger partial charge in [-0.05, 0) is 0 Å². The molecule has 1 atom stereocenters. The number of halogens is 1. The maximum atomic E-state index is 11.0. The lowest BCUT2D eigenvalue weighted by atomic mass is 9.85. The van der Waals surface area contributed by atoms with Crippen LogP contribution in [0.3, 0.4) is 0 Å². The normalized spacial score (nSPS) is 25.7. The topological polar surface area (TPSA) is 34.1 Å². The molecule has 1 aliphatic carbocycles. The van der Waals surface area contributed by atoms with E-state index in [9.17, 15) is 9.59 Å². The van der Waals surface area contributed by atoms with Crippen molar-refractivity contribution in [3.63, 3.8) is 0 Å². The molecule has 1 saturated carbocycles. The first-order chi connectivity index (χ1) is 4.66. The Morgan fingerprint density at radius 1 is 1.60 bits per heavy atom. The Morgan fingerprint density at radius 3 is 2.40 bits per heavy atom. The van der Waals surface area contributed by atoms with Gasteiger partial charge in [0.2, 0.25) is 5.14 Å². The van der Waals surface area contributed by atoms with E-state index in [0.717, 1.165) is 0 Å². The van der Waals surface area contributed by atoms with Crippen molar-refractivity contribution in [1.82, 2.24) is 0 Å². The first-order valence-electron chi connectivity index (χ1n) is 2.86. The van der Waals surface area contributed by atoms with Gasteiger partial charge in [0, 0.05) is 12.2 Å². The summed E-state index contributed by atoms with van der Waals surface area (Å²) in [4.78, 5) is 21.8. The van der Waals surface area contributed by atoms with Gasteiger partial charge in [0.05, 0.1) is 5.57 Å². The lowest BCUT2D eigenvalue weighted by Gasteiger charge is -1.94. The molecule has 0 aromatic heterocycles. The molecule has 0 bridgehead atoms. The predicted molar refractivity (Wildman–Crippen MR) is 47.3 cm³/mol. The summed E-state index contributed by atoms with van der Waals surface area (Å²) in [5.74, 6) is -0.428. The van der Waals surface area contributed by atoms with Crippen LogP contribution in [0, 0.1) is 0 Å². The SMILES string of the molecule is C=C1C(=O)CC([B]I)C1=O. The first-order valence-corrected chi connectivity index (χ1v) is 4.11. The summed E-state index contributed by atoms with van der Waals surface area (Å²) in [5.41, 5.74) is 0.165. The monoisotopic (exact) mass is 247 g/mol. The van der Waals surface area contributed by atoms with Crippen LogP contribution in [0.15, 0.2) is 12.2 Å². The summed E-state index contributed by atoms with van der Waals surface area (Å²) >= 11 is 1.99. The van der Waals surface area contributed by atoms with E-state index in [0.29, 0.717) is 6.42 Å². The molecule has 2 nitrogen and oxygen atoms in total. The van der Waals surface area contributed by atoms with Crippen LogP contribution in [0.5, 0.6) is 0 Å². The number of rotatable bonds is 1. The van der Waals surface area contributed by atoms with Gasteiger partial charge < -0.3 is 0 Å². The van der Waals surface area contributed by atoms with Gasteiger partial charge in [-0.3, -0.25) is 9.59 Å². The van der Waals surface area contributed by atoms with E-state index in [4.69, 9.17) is 0 Å². The second-order valence-electron chi connectivity index (χ2n) is 2.20. The highest BCUT2D eigenvalue weighted by molar-refractivity contribution is 14.1. The zero-order chi connectivity index (χ0) is 7.72. The van der Waals surface area contributed by atoms with Crippen LogP contribution in [0.25, 0.3) is 0 Å². The van der Waals surface area contributed by atoms with Gasteiger partial charge in [0.15, 0.2) is 11.6 Å². The molecule has 1 unspecified atom stereocenters. The van der Waals surface area contributed by atoms with E-state index in [1.807, 2.05) is 22.4 Å². The van der Waals surface area contributed by atoms with Crippen LogP contribution in [-0.2, 0) is 9.59 Å². The largest absolute Gasteiger partial charge is 0.295 e. The quantitative estimate of drug-likeness (QED) is 0.299. The molecule has 0 N–H and O–H groups in total. The molecule has 0 heterocycles. The first kappa shape index (κ1) is 7.98. The van der Waals surface area contributed by atoms with Crippen LogP contribution in [0.4, 0.5) is 0 Å². The van der Waals surface area contributed by atoms with E-state index in [1.54, 1.807) is 5.14 Å². The van der Waals surface area contributed by atoms with E-state index in [-0.39, 0.29) is 23.0 Å². The maximum absolute atomic E-state index is 11.0. The fourth-order valence-corrected chi connectivity index (χ4v) is 1.46. The third-order valence-corrected chi connectivity index (χ3v) is 2.40. The molecule has 0 spiro atoms. The molecule has 1 radical (unpaired) electrons. The molecule has 0 aliphatic heterocycles. The van der Waals surface area contributed by atoms with E-state index in [2.05, 4.69) is 6.58 Å². The fraction of sp³-hybridized carbons (Fsp3) is 0.333. The van der Waals surface area contributed by atoms with Crippen molar-refractivity contribution in [3.05, 3.63) is 12.2 Å². The maximum Gasteiger partial charge on any atom is 0.212 e. The van der Waals surface area contributed by atoms with Gasteiger partial charge in [0.25, 0.3) is 0 Å². The van der Waals surface area contributed by atoms with Crippen LogP contribution in [0.1, 0.15) is 6.42 Å². The molecule has 0 saturated heterocycles. The number of Topliss-reactive ketones (excluding diaryl/α,β-unsaturated/α-hetero) is 2. The van der Waals surface area contributed by atoms with Crippen LogP contribution in [0.2, 0.25) is 5.82 Å². The molecule has 4 heteroatoms. The smallest absolute Gasteiger partial charge is 0.212 e. The molecule has 1 rings (SSSR count). The summed E-state index contributed by atoms with van der Waals surface area (Å²) in [6.45, 7) is 3.39. The standard InChI is InChI=1S/C6H5BIO2/c1-3-5(9)2-4(7-8)6(3)10/h4H,1-2H2. The average molecular weight is 247 g/mol. The summed E-state index contributed by atoms with van der Waals surface area (Å²) in [6.07, 6.45) is 0.320. The molecule has 0 aromatic rings. The highest BCUT2D eigenvalue weighted by Crippen LogP contribution is 2.27. The fourth-order valence-electron chi connectivity index (χ4n) is 0.879. The zero-order valence-electron chi connectivity index (χ0n) is 5.26. The summed E-state index contributed by atoms with van der Waals surface area (Å²) < 4.78 is 0. The number of carbonyl (C=O) groups excluding carboxylic acids is 2. The molecule has 1 fully saturated rings. The van der Waals surface area contributed by atoms with Gasteiger partial charge in [-0.2, -0.15) is 22.4 Å². The van der Waals surface area contributed by atoms with Gasteiger partial charge in [0.1, 0.15) is 0 Å². The molecule has 0 amide bonds. The minimum absolute atomic E-state index is 0.108. The van der Waals surface area contributed by atoms with Crippen LogP contribution < -0.4 is 0 Å². The van der Waals surface area contributed by atoms with E-state index >= 15 is 0 Å². The number of hydrogen-bond donors (Lipinski definition) is 0. The molecular weight excluding hydrogens is 242 g/mol. The molecule has 0 aromatic carbocycles. The lowest BCUT2D eigenvalue weighted by Crippen LogP contribution is -2.04. The van der Waals surface area contributed by atoms with Gasteiger partial charge in [-0.15, -0.1) is 0 Å². The minimum atomic E-state index is -0.208. The van der Waals surface area contributed by atoms with Crippen molar-refractivity contribution in [1.29, 1.82) is 0 Å². The third kappa shape index (κ3) is 1.16. The van der Waals surface area contributed by atoms with E-state index < -0.39 is 0 Å². The Balaban J connectivity index is 2.81. The van der Waals surface area contributed by atoms with Gasteiger partial charge >= 0.3 is 0 Å². The van der Waals surface area contributed by atoms with Crippen molar-refractivity contribution in [2.45, 2.75) is 12.2 Å². The Hall–Kier alpha value is -0.125. The molecular formula is C6H5BIO2. The highest BCUT2D eigenvalue weighted by atomic mass is 127. The van der Waals surface area contributed by atoms with Crippen molar-refractivity contribution >= 4 is 39.1 Å². The van der Waals surface area contributed by atoms with Crippen LogP contribution in [-0.4, -0.2) is 16.7 Å². The predicted octanol–water partition coefficient (Wildman–Crippen LogP) is 0.927. The summed E-state index contributed by atoms with van der Waals surface area (Å²) in [7, 11) is 0. The molecule has 10 heavy (non-hydrogen) atoms. The third-order valence-electron chi connectivity index (χ3n) is 1.53. The van der Waals surface area contributed by atoms with Crippen molar-refractivity contribution in [2.75, 3.05) is 0 Å². The highest BCUT2D eigenvalue weighted by Gasteiger charge is 2.33. The number of carbonyl (C=O) groups is 2. The number of hydrogen-bond acceptors (Lipinski definition) is 2. The van der Waals surface area contributed by atoms with Crippen molar-refractivity contribution in [2.24, 2.45) is 0 Å². The Morgan fingerprint density at radius 2 is 2.20 bits per heavy atom. The Bertz CT molecular complexity index is 212. The summed E-state index contributed by atoms with van der Waals surface area (Å²) in [5, 5.41) is 1.72. The van der Waals surface area contributed by atoms with Crippen molar-refractivity contribution in [3.8, 4) is 0 Å². The number of ketones is 2. The van der Waals surface area contributed by atoms with Gasteiger partial charge in [-0.25, -0.2) is 0 Å². The average Bonchev–Trinajstić information content (AvgIpc) is 2.17. The minimum Gasteiger partial charge on any atom is -0.295 e. The second kappa shape index (κ2) is 2.86. The Kier molecular flexibility index (Phi) is 2.28. The second-order valence-corrected chi connectivity index (χ2v) is 2.92. The van der Waals surface area contributed by atoms with Crippen LogP contribution >= 0.6 is 22.4 Å².